The highest BCUT2D eigenvalue weighted by atomic mass is 15.1. The van der Waals surface area contributed by atoms with E-state index in [1.165, 1.54) is 36.8 Å². The van der Waals surface area contributed by atoms with E-state index < -0.39 is 0 Å². The van der Waals surface area contributed by atoms with Gasteiger partial charge in [-0.2, -0.15) is 5.10 Å². The monoisotopic (exact) mass is 243 g/mol. The van der Waals surface area contributed by atoms with Gasteiger partial charge in [0.1, 0.15) is 0 Å². The fourth-order valence-electron chi connectivity index (χ4n) is 3.13. The molecule has 0 amide bonds. The summed E-state index contributed by atoms with van der Waals surface area (Å²) in [6, 6.07) is 6.91. The Labute approximate surface area is 108 Å². The highest BCUT2D eigenvalue weighted by molar-refractivity contribution is 5.89. The highest BCUT2D eigenvalue weighted by Crippen LogP contribution is 2.36. The van der Waals surface area contributed by atoms with Crippen molar-refractivity contribution >= 4 is 16.6 Å². The predicted molar refractivity (Wildman–Crippen MR) is 75.8 cm³/mol. The van der Waals surface area contributed by atoms with E-state index in [-0.39, 0.29) is 0 Å². The van der Waals surface area contributed by atoms with Crippen LogP contribution in [0.5, 0.6) is 0 Å². The van der Waals surface area contributed by atoms with E-state index in [2.05, 4.69) is 47.6 Å². The van der Waals surface area contributed by atoms with E-state index in [4.69, 9.17) is 0 Å². The quantitative estimate of drug-likeness (QED) is 0.838. The molecule has 0 spiro atoms. The summed E-state index contributed by atoms with van der Waals surface area (Å²) in [4.78, 5) is 0. The molecule has 0 bridgehead atoms. The molecule has 1 aromatic heterocycles. The number of aromatic amines is 1. The lowest BCUT2D eigenvalue weighted by atomic mass is 9.75. The van der Waals surface area contributed by atoms with E-state index in [0.29, 0.717) is 11.5 Å². The Balaban J connectivity index is 1.82. The van der Waals surface area contributed by atoms with E-state index in [9.17, 15) is 0 Å². The lowest BCUT2D eigenvalue weighted by molar-refractivity contribution is 0.229. The molecule has 3 rings (SSSR count). The fraction of sp³-hybridized carbons (Fsp3) is 0.533. The largest absolute Gasteiger partial charge is 0.381 e. The summed E-state index contributed by atoms with van der Waals surface area (Å²) >= 11 is 0. The Kier molecular flexibility index (Phi) is 2.77. The van der Waals surface area contributed by atoms with Crippen LogP contribution in [-0.4, -0.2) is 16.2 Å². The Morgan fingerprint density at radius 2 is 2.28 bits per heavy atom. The van der Waals surface area contributed by atoms with E-state index in [1.807, 2.05) is 6.20 Å². The Morgan fingerprint density at radius 3 is 3.11 bits per heavy atom. The second-order valence-corrected chi connectivity index (χ2v) is 6.24. The van der Waals surface area contributed by atoms with Gasteiger partial charge in [-0.05, 0) is 30.7 Å². The van der Waals surface area contributed by atoms with Crippen molar-refractivity contribution in [1.82, 2.24) is 10.2 Å². The maximum absolute atomic E-state index is 4.12. The van der Waals surface area contributed by atoms with Crippen molar-refractivity contribution in [2.45, 2.75) is 45.6 Å². The first-order chi connectivity index (χ1) is 8.64. The van der Waals surface area contributed by atoms with Crippen LogP contribution in [0.2, 0.25) is 0 Å². The van der Waals surface area contributed by atoms with Crippen molar-refractivity contribution in [3.05, 3.63) is 24.4 Å². The second kappa shape index (κ2) is 4.30. The fourth-order valence-corrected chi connectivity index (χ4v) is 3.13. The number of nitrogens with one attached hydrogen (secondary N) is 2. The molecule has 2 N–H and O–H groups in total. The van der Waals surface area contributed by atoms with Gasteiger partial charge in [0.15, 0.2) is 0 Å². The third-order valence-corrected chi connectivity index (χ3v) is 4.04. The molecule has 18 heavy (non-hydrogen) atoms. The van der Waals surface area contributed by atoms with Crippen LogP contribution in [0.25, 0.3) is 10.9 Å². The number of hydrogen-bond donors (Lipinski definition) is 2. The van der Waals surface area contributed by atoms with Crippen molar-refractivity contribution in [2.75, 3.05) is 5.32 Å². The zero-order valence-corrected chi connectivity index (χ0v) is 11.2. The number of para-hydroxylation sites is 1. The number of rotatable bonds is 2. The molecule has 1 unspecified atom stereocenters. The minimum absolute atomic E-state index is 0.470. The Bertz CT molecular complexity index is 541. The van der Waals surface area contributed by atoms with Crippen LogP contribution < -0.4 is 5.32 Å². The standard InChI is InChI=1S/C15H21N3/c1-15(2)8-4-6-12(9-15)17-13-7-3-5-11-10-16-18-14(11)13/h3,5,7,10,12,17H,4,6,8-9H2,1-2H3,(H,16,18). The van der Waals surface area contributed by atoms with Gasteiger partial charge in [0.25, 0.3) is 0 Å². The lowest BCUT2D eigenvalue weighted by Gasteiger charge is -2.36. The number of H-pyrrole nitrogens is 1. The van der Waals surface area contributed by atoms with Crippen LogP contribution in [-0.2, 0) is 0 Å². The maximum atomic E-state index is 4.12. The molecule has 0 aliphatic heterocycles. The van der Waals surface area contributed by atoms with Crippen LogP contribution in [0, 0.1) is 5.41 Å². The summed E-state index contributed by atoms with van der Waals surface area (Å²) in [5, 5.41) is 12.1. The summed E-state index contributed by atoms with van der Waals surface area (Å²) < 4.78 is 0. The molecule has 96 valence electrons. The molecule has 1 atom stereocenters. The molecule has 3 nitrogen and oxygen atoms in total. The minimum atomic E-state index is 0.470. The SMILES string of the molecule is CC1(C)CCCC(Nc2cccc3cn[nH]c23)C1. The predicted octanol–water partition coefficient (Wildman–Crippen LogP) is 3.94. The Morgan fingerprint density at radius 1 is 1.39 bits per heavy atom. The highest BCUT2D eigenvalue weighted by Gasteiger charge is 2.28. The van der Waals surface area contributed by atoms with Gasteiger partial charge >= 0.3 is 0 Å². The first kappa shape index (κ1) is 11.6. The van der Waals surface area contributed by atoms with Crippen molar-refractivity contribution in [1.29, 1.82) is 0 Å². The number of benzene rings is 1. The van der Waals surface area contributed by atoms with Gasteiger partial charge in [-0.25, -0.2) is 0 Å². The zero-order chi connectivity index (χ0) is 12.6. The first-order valence-electron chi connectivity index (χ1n) is 6.83. The van der Waals surface area contributed by atoms with Gasteiger partial charge in [0.05, 0.1) is 17.4 Å². The molecule has 1 aromatic carbocycles. The van der Waals surface area contributed by atoms with Crippen LogP contribution in [0.4, 0.5) is 5.69 Å². The number of hydrogen-bond acceptors (Lipinski definition) is 2. The maximum Gasteiger partial charge on any atom is 0.0881 e. The van der Waals surface area contributed by atoms with Crippen molar-refractivity contribution < 1.29 is 0 Å². The van der Waals surface area contributed by atoms with Gasteiger partial charge < -0.3 is 5.32 Å². The molecular weight excluding hydrogens is 222 g/mol. The molecule has 1 fully saturated rings. The molecule has 2 aromatic rings. The summed E-state index contributed by atoms with van der Waals surface area (Å²) in [5.41, 5.74) is 2.78. The Hall–Kier alpha value is -1.51. The summed E-state index contributed by atoms with van der Waals surface area (Å²) in [6.07, 6.45) is 7.07. The zero-order valence-electron chi connectivity index (χ0n) is 11.2. The first-order valence-corrected chi connectivity index (χ1v) is 6.83. The number of aromatic nitrogens is 2. The van der Waals surface area contributed by atoms with Gasteiger partial charge in [-0.3, -0.25) is 5.10 Å². The van der Waals surface area contributed by atoms with Gasteiger partial charge in [0.2, 0.25) is 0 Å². The van der Waals surface area contributed by atoms with E-state index in [0.717, 1.165) is 5.52 Å². The van der Waals surface area contributed by atoms with Crippen molar-refractivity contribution in [3.63, 3.8) is 0 Å². The molecule has 1 aliphatic rings. The van der Waals surface area contributed by atoms with Gasteiger partial charge in [-0.15, -0.1) is 0 Å². The van der Waals surface area contributed by atoms with Gasteiger partial charge in [-0.1, -0.05) is 32.4 Å². The molecule has 1 heterocycles. The smallest absolute Gasteiger partial charge is 0.0881 e. The number of fused-ring (bicyclic) bond motifs is 1. The minimum Gasteiger partial charge on any atom is -0.381 e. The summed E-state index contributed by atoms with van der Waals surface area (Å²) in [5.74, 6) is 0. The van der Waals surface area contributed by atoms with Gasteiger partial charge in [0, 0.05) is 11.4 Å². The number of nitrogens with zero attached hydrogens (tertiary/aromatic N) is 1. The van der Waals surface area contributed by atoms with Crippen LogP contribution in [0.3, 0.4) is 0 Å². The molecule has 0 saturated heterocycles. The topological polar surface area (TPSA) is 40.7 Å². The lowest BCUT2D eigenvalue weighted by Crippen LogP contribution is -2.31. The van der Waals surface area contributed by atoms with Crippen molar-refractivity contribution in [2.24, 2.45) is 5.41 Å². The molecule has 3 heteroatoms. The third kappa shape index (κ3) is 2.22. The van der Waals surface area contributed by atoms with Crippen LogP contribution in [0.1, 0.15) is 39.5 Å². The molecule has 0 radical (unpaired) electrons. The van der Waals surface area contributed by atoms with E-state index >= 15 is 0 Å². The molecular formula is C15H21N3. The molecule has 1 aliphatic carbocycles. The normalized spacial score (nSPS) is 23.1. The molecule has 1 saturated carbocycles. The average Bonchev–Trinajstić information content (AvgIpc) is 2.77. The summed E-state index contributed by atoms with van der Waals surface area (Å²) in [6.45, 7) is 4.75. The average molecular weight is 243 g/mol. The number of anilines is 1. The summed E-state index contributed by atoms with van der Waals surface area (Å²) in [7, 11) is 0. The van der Waals surface area contributed by atoms with Crippen molar-refractivity contribution in [3.8, 4) is 0 Å². The second-order valence-electron chi connectivity index (χ2n) is 6.24. The third-order valence-electron chi connectivity index (χ3n) is 4.04. The van der Waals surface area contributed by atoms with Crippen LogP contribution in [0.15, 0.2) is 24.4 Å². The van der Waals surface area contributed by atoms with Crippen LogP contribution >= 0.6 is 0 Å². The van der Waals surface area contributed by atoms with E-state index in [1.54, 1.807) is 0 Å².